The van der Waals surface area contributed by atoms with Crippen molar-refractivity contribution in [1.29, 1.82) is 0 Å². The fraction of sp³-hybridized carbons (Fsp3) is 0.0196. The number of para-hydroxylation sites is 2. The molecule has 1 atom stereocenters. The normalized spacial score (nSPS) is 15.0. The fourth-order valence-corrected chi connectivity index (χ4v) is 9.02. The largest absolute Gasteiger partial charge is 0.456 e. The highest BCUT2D eigenvalue weighted by Gasteiger charge is 2.51. The van der Waals surface area contributed by atoms with Gasteiger partial charge in [0.2, 0.25) is 0 Å². The van der Waals surface area contributed by atoms with Crippen LogP contribution >= 0.6 is 0 Å². The summed E-state index contributed by atoms with van der Waals surface area (Å²) in [5.41, 5.74) is 12.7. The zero-order valence-corrected chi connectivity index (χ0v) is 28.9. The number of hydrogen-bond donors (Lipinski definition) is 0. The molecule has 0 saturated carbocycles. The molecule has 0 N–H and O–H groups in total. The fourth-order valence-electron chi connectivity index (χ4n) is 9.02. The molecule has 11 rings (SSSR count). The van der Waals surface area contributed by atoms with Crippen LogP contribution < -0.4 is 9.64 Å². The van der Waals surface area contributed by atoms with Crippen molar-refractivity contribution in [3.63, 3.8) is 0 Å². The molecule has 0 amide bonds. The van der Waals surface area contributed by atoms with Crippen molar-refractivity contribution in [3.8, 4) is 33.8 Å². The van der Waals surface area contributed by atoms with E-state index in [9.17, 15) is 0 Å². The quantitative estimate of drug-likeness (QED) is 0.184. The topological polar surface area (TPSA) is 12.5 Å². The molecule has 2 aliphatic rings. The van der Waals surface area contributed by atoms with E-state index < -0.39 is 5.41 Å². The molecule has 0 fully saturated rings. The van der Waals surface area contributed by atoms with Crippen LogP contribution in [0.4, 0.5) is 17.1 Å². The summed E-state index contributed by atoms with van der Waals surface area (Å²) < 4.78 is 6.85. The Morgan fingerprint density at radius 1 is 0.377 bits per heavy atom. The number of ether oxygens (including phenoxy) is 1. The first-order valence-electron chi connectivity index (χ1n) is 18.3. The highest BCUT2D eigenvalue weighted by molar-refractivity contribution is 5.99. The minimum Gasteiger partial charge on any atom is -0.456 e. The third kappa shape index (κ3) is 4.33. The van der Waals surface area contributed by atoms with Gasteiger partial charge in [-0.1, -0.05) is 158 Å². The van der Waals surface area contributed by atoms with Gasteiger partial charge in [0.05, 0.1) is 11.1 Å². The molecule has 1 heterocycles. The molecule has 1 spiro atoms. The Kier molecular flexibility index (Phi) is 6.50. The first-order valence-corrected chi connectivity index (χ1v) is 18.3. The number of fused-ring (bicyclic) bond motifs is 12. The Labute approximate surface area is 308 Å². The smallest absolute Gasteiger partial charge is 0.140 e. The Morgan fingerprint density at radius 2 is 1.00 bits per heavy atom. The van der Waals surface area contributed by atoms with E-state index in [1.807, 2.05) is 0 Å². The molecular weight excluding hydrogens is 643 g/mol. The van der Waals surface area contributed by atoms with Gasteiger partial charge in [-0.2, -0.15) is 0 Å². The zero-order chi connectivity index (χ0) is 34.9. The van der Waals surface area contributed by atoms with Gasteiger partial charge in [0.15, 0.2) is 0 Å². The number of nitrogens with zero attached hydrogens (tertiary/aromatic N) is 1. The predicted octanol–water partition coefficient (Wildman–Crippen LogP) is 13.6. The lowest BCUT2D eigenvalue weighted by molar-refractivity contribution is 0.442. The summed E-state index contributed by atoms with van der Waals surface area (Å²) in [6.45, 7) is 0. The van der Waals surface area contributed by atoms with Crippen LogP contribution in [0.2, 0.25) is 0 Å². The molecule has 9 aromatic carbocycles. The highest BCUT2D eigenvalue weighted by atomic mass is 16.5. The van der Waals surface area contributed by atoms with Gasteiger partial charge in [-0.3, -0.25) is 0 Å². The standard InChI is InChI=1S/C51H33NO/c1-2-16-38(17-3-1)52(48-23-12-15-35-13-4-6-18-40(35)48)39-29-25-34(26-30-39)37-27-31-43-42-20-8-9-21-44(42)51(47(43)33-37)45-22-10-11-24-49(45)53-50-41-19-7-5-14-36(41)28-32-46(50)51/h1-33H. The Morgan fingerprint density at radius 3 is 1.85 bits per heavy atom. The van der Waals surface area contributed by atoms with Crippen molar-refractivity contribution in [2.75, 3.05) is 4.90 Å². The average Bonchev–Trinajstić information content (AvgIpc) is 3.51. The van der Waals surface area contributed by atoms with Crippen LogP contribution in [0.5, 0.6) is 11.5 Å². The molecule has 2 heteroatoms. The molecular formula is C51H33NO. The van der Waals surface area contributed by atoms with Gasteiger partial charge in [0, 0.05) is 33.3 Å². The monoisotopic (exact) mass is 675 g/mol. The van der Waals surface area contributed by atoms with Crippen molar-refractivity contribution >= 4 is 38.6 Å². The lowest BCUT2D eigenvalue weighted by atomic mass is 9.65. The van der Waals surface area contributed by atoms with Crippen LogP contribution in [0, 0.1) is 0 Å². The van der Waals surface area contributed by atoms with E-state index in [-0.39, 0.29) is 0 Å². The van der Waals surface area contributed by atoms with Gasteiger partial charge in [-0.25, -0.2) is 0 Å². The lowest BCUT2D eigenvalue weighted by Gasteiger charge is -2.40. The summed E-state index contributed by atoms with van der Waals surface area (Å²) in [7, 11) is 0. The molecule has 1 aliphatic carbocycles. The van der Waals surface area contributed by atoms with Gasteiger partial charge < -0.3 is 9.64 Å². The van der Waals surface area contributed by atoms with E-state index in [1.54, 1.807) is 0 Å². The molecule has 9 aromatic rings. The van der Waals surface area contributed by atoms with Crippen molar-refractivity contribution in [1.82, 2.24) is 0 Å². The molecule has 0 bridgehead atoms. The van der Waals surface area contributed by atoms with Crippen LogP contribution in [-0.2, 0) is 5.41 Å². The van der Waals surface area contributed by atoms with E-state index in [2.05, 4.69) is 205 Å². The summed E-state index contributed by atoms with van der Waals surface area (Å²) in [4.78, 5) is 2.36. The highest BCUT2D eigenvalue weighted by Crippen LogP contribution is 2.63. The Balaban J connectivity index is 1.10. The van der Waals surface area contributed by atoms with Crippen LogP contribution in [0.15, 0.2) is 200 Å². The van der Waals surface area contributed by atoms with Crippen molar-refractivity contribution < 1.29 is 4.74 Å². The van der Waals surface area contributed by atoms with E-state index >= 15 is 0 Å². The molecule has 0 radical (unpaired) electrons. The van der Waals surface area contributed by atoms with Crippen molar-refractivity contribution in [3.05, 3.63) is 222 Å². The SMILES string of the molecule is c1ccc(N(c2ccc(-c3ccc4c(c3)C3(c5ccccc5Oc5c3ccc3ccccc53)c3ccccc3-4)cc2)c2cccc3ccccc23)cc1. The van der Waals surface area contributed by atoms with Crippen LogP contribution in [0.3, 0.4) is 0 Å². The van der Waals surface area contributed by atoms with E-state index in [4.69, 9.17) is 4.74 Å². The second-order valence-electron chi connectivity index (χ2n) is 14.0. The molecule has 248 valence electrons. The van der Waals surface area contributed by atoms with Crippen molar-refractivity contribution in [2.24, 2.45) is 0 Å². The minimum atomic E-state index is -0.533. The zero-order valence-electron chi connectivity index (χ0n) is 28.9. The molecule has 1 unspecified atom stereocenters. The minimum absolute atomic E-state index is 0.533. The lowest BCUT2D eigenvalue weighted by Crippen LogP contribution is -2.32. The predicted molar refractivity (Wildman–Crippen MR) is 219 cm³/mol. The molecule has 2 nitrogen and oxygen atoms in total. The van der Waals surface area contributed by atoms with E-state index in [0.717, 1.165) is 33.9 Å². The number of rotatable bonds is 4. The number of hydrogen-bond acceptors (Lipinski definition) is 2. The molecule has 0 aromatic heterocycles. The molecule has 53 heavy (non-hydrogen) atoms. The second-order valence-corrected chi connectivity index (χ2v) is 14.0. The van der Waals surface area contributed by atoms with Gasteiger partial charge in [-0.15, -0.1) is 0 Å². The molecule has 0 saturated heterocycles. The van der Waals surface area contributed by atoms with Gasteiger partial charge in [-0.05, 0) is 86.6 Å². The Hall–Kier alpha value is -6.90. The maximum atomic E-state index is 6.85. The number of benzene rings is 9. The second kappa shape index (κ2) is 11.6. The third-order valence-electron chi connectivity index (χ3n) is 11.3. The summed E-state index contributed by atoms with van der Waals surface area (Å²) in [6, 6.07) is 72.6. The van der Waals surface area contributed by atoms with Crippen LogP contribution in [0.1, 0.15) is 22.3 Å². The Bertz CT molecular complexity index is 2870. The van der Waals surface area contributed by atoms with Gasteiger partial charge >= 0.3 is 0 Å². The molecule has 1 aliphatic heterocycles. The van der Waals surface area contributed by atoms with Gasteiger partial charge in [0.1, 0.15) is 11.5 Å². The number of anilines is 3. The van der Waals surface area contributed by atoms with Crippen LogP contribution in [0.25, 0.3) is 43.8 Å². The maximum Gasteiger partial charge on any atom is 0.140 e. The first kappa shape index (κ1) is 29.8. The van der Waals surface area contributed by atoms with E-state index in [0.29, 0.717) is 0 Å². The average molecular weight is 676 g/mol. The third-order valence-corrected chi connectivity index (χ3v) is 11.3. The van der Waals surface area contributed by atoms with Crippen molar-refractivity contribution in [2.45, 2.75) is 5.41 Å². The van der Waals surface area contributed by atoms with E-state index in [1.165, 1.54) is 60.7 Å². The maximum absolute atomic E-state index is 6.85. The first-order chi connectivity index (χ1) is 26.3. The summed E-state index contributed by atoms with van der Waals surface area (Å²) in [5, 5.41) is 4.75. The van der Waals surface area contributed by atoms with Gasteiger partial charge in [0.25, 0.3) is 0 Å². The van der Waals surface area contributed by atoms with Crippen LogP contribution in [-0.4, -0.2) is 0 Å². The summed E-state index contributed by atoms with van der Waals surface area (Å²) in [6.07, 6.45) is 0. The summed E-state index contributed by atoms with van der Waals surface area (Å²) in [5.74, 6) is 1.84. The summed E-state index contributed by atoms with van der Waals surface area (Å²) >= 11 is 0.